The lowest BCUT2D eigenvalue weighted by Gasteiger charge is -2.39. The van der Waals surface area contributed by atoms with Crippen molar-refractivity contribution in [3.63, 3.8) is 0 Å². The van der Waals surface area contributed by atoms with Crippen LogP contribution in [0.2, 0.25) is 20.5 Å². The zero-order valence-electron chi connectivity index (χ0n) is 9.68. The van der Waals surface area contributed by atoms with Gasteiger partial charge in [0.1, 0.15) is 5.82 Å². The number of benzene rings is 1. The molecule has 16 heavy (non-hydrogen) atoms. The molecule has 0 saturated carbocycles. The predicted octanol–water partition coefficient (Wildman–Crippen LogP) is 2.03. The fourth-order valence-electron chi connectivity index (χ4n) is 2.05. The van der Waals surface area contributed by atoms with E-state index in [1.807, 2.05) is 25.2 Å². The highest BCUT2D eigenvalue weighted by atomic mass is 19.1. The number of rotatable bonds is 1. The maximum absolute atomic E-state index is 12.8. The molecule has 0 N–H and O–H groups in total. The maximum atomic E-state index is 12.8. The van der Waals surface area contributed by atoms with Crippen LogP contribution in [-0.2, 0) is 9.14 Å². The van der Waals surface area contributed by atoms with Gasteiger partial charge in [-0.1, -0.05) is 0 Å². The van der Waals surface area contributed by atoms with Gasteiger partial charge in [0.25, 0.3) is 0 Å². The van der Waals surface area contributed by atoms with E-state index in [0.717, 1.165) is 5.69 Å². The van der Waals surface area contributed by atoms with Crippen molar-refractivity contribution in [2.24, 2.45) is 0 Å². The Hall–Kier alpha value is -0.935. The van der Waals surface area contributed by atoms with E-state index in [1.54, 1.807) is 12.1 Å². The first-order valence-electron chi connectivity index (χ1n) is 5.43. The molecule has 1 aromatic carbocycles. The molecule has 82 valence electrons. The standard InChI is InChI=1S/C9H13B3FNO2/c1-10-14(11(2)16-12(3)15-10)9-6-4-8(13)5-7-9/h4-7H,1-3H3. The van der Waals surface area contributed by atoms with Gasteiger partial charge in [-0.15, -0.1) is 0 Å². The van der Waals surface area contributed by atoms with Crippen LogP contribution in [0.1, 0.15) is 0 Å². The molecule has 0 aromatic heterocycles. The lowest BCUT2D eigenvalue weighted by molar-refractivity contribution is 0.423. The Kier molecular flexibility index (Phi) is 3.26. The fourth-order valence-corrected chi connectivity index (χ4v) is 2.05. The van der Waals surface area contributed by atoms with Gasteiger partial charge in [-0.2, -0.15) is 0 Å². The molecule has 0 unspecified atom stereocenters. The zero-order chi connectivity index (χ0) is 11.7. The molecule has 0 amide bonds. The van der Waals surface area contributed by atoms with Gasteiger partial charge >= 0.3 is 21.2 Å². The summed E-state index contributed by atoms with van der Waals surface area (Å²) in [7, 11) is -0.366. The van der Waals surface area contributed by atoms with Crippen molar-refractivity contribution in [2.45, 2.75) is 20.5 Å². The minimum absolute atomic E-state index is 0.0794. The quantitative estimate of drug-likeness (QED) is 0.674. The molecule has 0 spiro atoms. The Labute approximate surface area is 96.3 Å². The first kappa shape index (κ1) is 11.5. The predicted molar refractivity (Wildman–Crippen MR) is 65.9 cm³/mol. The number of hydrogen-bond acceptors (Lipinski definition) is 3. The van der Waals surface area contributed by atoms with Crippen LogP contribution in [-0.4, -0.2) is 21.2 Å². The lowest BCUT2D eigenvalue weighted by atomic mass is 9.61. The van der Waals surface area contributed by atoms with E-state index in [9.17, 15) is 4.39 Å². The average Bonchev–Trinajstić information content (AvgIpc) is 2.19. The molecule has 1 heterocycles. The second-order valence-corrected chi connectivity index (χ2v) is 3.92. The molecular weight excluding hydrogens is 206 g/mol. The lowest BCUT2D eigenvalue weighted by Crippen LogP contribution is -2.58. The summed E-state index contributed by atoms with van der Waals surface area (Å²) in [6.07, 6.45) is 0. The first-order valence-corrected chi connectivity index (χ1v) is 5.43. The molecule has 3 nitrogen and oxygen atoms in total. The van der Waals surface area contributed by atoms with Gasteiger partial charge in [0.15, 0.2) is 0 Å². The van der Waals surface area contributed by atoms with Crippen LogP contribution in [0.5, 0.6) is 0 Å². The summed E-state index contributed by atoms with van der Waals surface area (Å²) in [5.41, 5.74) is 0.897. The van der Waals surface area contributed by atoms with Gasteiger partial charge in [-0.05, 0) is 44.7 Å². The van der Waals surface area contributed by atoms with Gasteiger partial charge in [0, 0.05) is 5.69 Å². The highest BCUT2D eigenvalue weighted by Gasteiger charge is 2.38. The molecule has 0 atom stereocenters. The number of halogens is 1. The van der Waals surface area contributed by atoms with Crippen molar-refractivity contribution >= 4 is 26.9 Å². The Morgan fingerprint density at radius 2 is 1.50 bits per heavy atom. The molecule has 1 fully saturated rings. The summed E-state index contributed by atoms with van der Waals surface area (Å²) < 4.78 is 25.9. The molecular formula is C9H13B3FNO2. The molecule has 1 aliphatic heterocycles. The number of hydrogen-bond donors (Lipinski definition) is 0. The third-order valence-electron chi connectivity index (χ3n) is 2.69. The van der Waals surface area contributed by atoms with E-state index in [-0.39, 0.29) is 27.0 Å². The smallest absolute Gasteiger partial charge is 0.425 e. The van der Waals surface area contributed by atoms with E-state index in [4.69, 9.17) is 9.14 Å². The van der Waals surface area contributed by atoms with Gasteiger partial charge in [0.05, 0.1) is 0 Å². The van der Waals surface area contributed by atoms with E-state index < -0.39 is 0 Å². The largest absolute Gasteiger partial charge is 0.458 e. The van der Waals surface area contributed by atoms with Gasteiger partial charge in [0.2, 0.25) is 0 Å². The van der Waals surface area contributed by atoms with Gasteiger partial charge in [-0.25, -0.2) is 4.39 Å². The van der Waals surface area contributed by atoms with E-state index in [2.05, 4.69) is 0 Å². The maximum Gasteiger partial charge on any atom is 0.425 e. The van der Waals surface area contributed by atoms with Crippen molar-refractivity contribution in [1.82, 2.24) is 0 Å². The fraction of sp³-hybridized carbons (Fsp3) is 0.333. The number of nitrogens with zero attached hydrogens (tertiary/aromatic N) is 1. The highest BCUT2D eigenvalue weighted by molar-refractivity contribution is 6.85. The molecule has 7 heteroatoms. The van der Waals surface area contributed by atoms with Crippen LogP contribution < -0.4 is 4.72 Å². The summed E-state index contributed by atoms with van der Waals surface area (Å²) >= 11 is 0. The Morgan fingerprint density at radius 3 is 2.00 bits per heavy atom. The second-order valence-electron chi connectivity index (χ2n) is 3.92. The normalized spacial score (nSPS) is 17.0. The summed E-state index contributed by atoms with van der Waals surface area (Å²) in [6.45, 7) is 5.78. The summed E-state index contributed by atoms with van der Waals surface area (Å²) in [5.74, 6) is -0.240. The zero-order valence-corrected chi connectivity index (χ0v) is 9.68. The molecule has 1 aliphatic rings. The van der Waals surface area contributed by atoms with Crippen molar-refractivity contribution < 1.29 is 13.5 Å². The van der Waals surface area contributed by atoms with Crippen LogP contribution in [0.4, 0.5) is 10.1 Å². The third-order valence-corrected chi connectivity index (χ3v) is 2.69. The first-order chi connectivity index (χ1) is 7.58. The minimum Gasteiger partial charge on any atom is -0.458 e. The SMILES string of the molecule is CB1OB(C)N(c2ccc(F)cc2)B(C)O1. The van der Waals surface area contributed by atoms with Crippen molar-refractivity contribution in [3.05, 3.63) is 30.1 Å². The highest BCUT2D eigenvalue weighted by Crippen LogP contribution is 2.22. The minimum atomic E-state index is -0.240. The molecule has 2 rings (SSSR count). The molecule has 0 aliphatic carbocycles. The van der Waals surface area contributed by atoms with Crippen LogP contribution >= 0.6 is 0 Å². The third kappa shape index (κ3) is 2.25. The monoisotopic (exact) mass is 219 g/mol. The van der Waals surface area contributed by atoms with E-state index in [0.29, 0.717) is 0 Å². The Morgan fingerprint density at radius 1 is 1.00 bits per heavy atom. The van der Waals surface area contributed by atoms with Gasteiger partial charge < -0.3 is 13.9 Å². The molecule has 1 saturated heterocycles. The van der Waals surface area contributed by atoms with Crippen LogP contribution in [0.3, 0.4) is 0 Å². The average molecular weight is 219 g/mol. The molecule has 0 radical (unpaired) electrons. The topological polar surface area (TPSA) is 21.7 Å². The molecule has 0 bridgehead atoms. The van der Waals surface area contributed by atoms with Crippen molar-refractivity contribution in [2.75, 3.05) is 4.72 Å². The second kappa shape index (κ2) is 4.51. The van der Waals surface area contributed by atoms with E-state index in [1.165, 1.54) is 12.1 Å². The summed E-state index contributed by atoms with van der Waals surface area (Å²) in [4.78, 5) is 0. The Balaban J connectivity index is 2.22. The summed E-state index contributed by atoms with van der Waals surface area (Å²) in [6, 6.07) is 6.33. The van der Waals surface area contributed by atoms with Crippen molar-refractivity contribution in [3.8, 4) is 0 Å². The molecule has 1 aromatic rings. The van der Waals surface area contributed by atoms with Crippen LogP contribution in [0.25, 0.3) is 0 Å². The van der Waals surface area contributed by atoms with Gasteiger partial charge in [-0.3, -0.25) is 0 Å². The Bertz CT molecular complexity index is 352. The van der Waals surface area contributed by atoms with E-state index >= 15 is 0 Å². The van der Waals surface area contributed by atoms with Crippen LogP contribution in [0.15, 0.2) is 24.3 Å². The van der Waals surface area contributed by atoms with Crippen LogP contribution in [0, 0.1) is 5.82 Å². The summed E-state index contributed by atoms with van der Waals surface area (Å²) in [5, 5.41) is 0. The van der Waals surface area contributed by atoms with Crippen molar-refractivity contribution in [1.29, 1.82) is 0 Å². The number of anilines is 1.